The van der Waals surface area contributed by atoms with Crippen LogP contribution in [-0.4, -0.2) is 12.6 Å². The van der Waals surface area contributed by atoms with Gasteiger partial charge in [-0.05, 0) is 13.8 Å². The molecule has 0 amide bonds. The van der Waals surface area contributed by atoms with E-state index >= 15 is 0 Å². The summed E-state index contributed by atoms with van der Waals surface area (Å²) in [5.74, 6) is -0.350. The number of allylic oxidation sites excluding steroid dienone is 1. The average Bonchev–Trinajstić information content (AvgIpc) is 2.04. The lowest BCUT2D eigenvalue weighted by Gasteiger charge is -2.04. The number of ether oxygens (including phenoxy) is 1. The number of nitrogens with two attached hydrogens (primary N) is 1. The summed E-state index contributed by atoms with van der Waals surface area (Å²) in [7, 11) is 0. The maximum Gasteiger partial charge on any atom is 0.335 e. The average molecular weight is 169 g/mol. The van der Waals surface area contributed by atoms with E-state index < -0.39 is 0 Å². The molecule has 0 fully saturated rings. The fraction of sp³-hybridized carbons (Fsp3) is 0.444. The Balaban J connectivity index is 4.31. The highest BCUT2D eigenvalue weighted by molar-refractivity contribution is 5.88. The van der Waals surface area contributed by atoms with Gasteiger partial charge >= 0.3 is 5.97 Å². The minimum absolute atomic E-state index is 0.350. The Morgan fingerprint density at radius 2 is 2.25 bits per heavy atom. The minimum Gasteiger partial charge on any atom is -0.463 e. The van der Waals surface area contributed by atoms with E-state index in [1.807, 2.05) is 0 Å². The third kappa shape index (κ3) is 3.23. The van der Waals surface area contributed by atoms with Crippen molar-refractivity contribution >= 4 is 5.97 Å². The predicted octanol–water partition coefficient (Wildman–Crippen LogP) is 1.36. The molecule has 3 nitrogen and oxygen atoms in total. The van der Waals surface area contributed by atoms with Gasteiger partial charge in [0.05, 0.1) is 12.2 Å². The van der Waals surface area contributed by atoms with Crippen molar-refractivity contribution in [1.82, 2.24) is 0 Å². The second-order valence-corrected chi connectivity index (χ2v) is 2.36. The Morgan fingerprint density at radius 3 is 2.67 bits per heavy atom. The summed E-state index contributed by atoms with van der Waals surface area (Å²) in [4.78, 5) is 11.1. The predicted molar refractivity (Wildman–Crippen MR) is 48.3 cm³/mol. The summed E-state index contributed by atoms with van der Waals surface area (Å²) in [6, 6.07) is 0. The van der Waals surface area contributed by atoms with Crippen molar-refractivity contribution in [3.63, 3.8) is 0 Å². The van der Waals surface area contributed by atoms with Gasteiger partial charge in [-0.15, -0.1) is 6.58 Å². The molecule has 0 saturated heterocycles. The van der Waals surface area contributed by atoms with Gasteiger partial charge in [0.1, 0.15) is 0 Å². The van der Waals surface area contributed by atoms with E-state index in [1.165, 1.54) is 0 Å². The molecule has 0 aromatic heterocycles. The number of rotatable bonds is 4. The molecular weight excluding hydrogens is 154 g/mol. The normalized spacial score (nSPS) is 11.8. The van der Waals surface area contributed by atoms with Gasteiger partial charge in [0.2, 0.25) is 0 Å². The van der Waals surface area contributed by atoms with E-state index in [0.717, 1.165) is 0 Å². The van der Waals surface area contributed by atoms with E-state index in [2.05, 4.69) is 6.58 Å². The molecule has 0 rings (SSSR count). The molecule has 0 spiro atoms. The summed E-state index contributed by atoms with van der Waals surface area (Å²) < 4.78 is 4.76. The van der Waals surface area contributed by atoms with Crippen LogP contribution in [0.1, 0.15) is 20.3 Å². The van der Waals surface area contributed by atoms with Crippen LogP contribution in [0.2, 0.25) is 0 Å². The van der Waals surface area contributed by atoms with Crippen LogP contribution >= 0.6 is 0 Å². The van der Waals surface area contributed by atoms with Gasteiger partial charge in [-0.3, -0.25) is 0 Å². The first kappa shape index (κ1) is 10.8. The Kier molecular flexibility index (Phi) is 4.84. The molecule has 0 bridgehead atoms. The van der Waals surface area contributed by atoms with Gasteiger partial charge in [-0.25, -0.2) is 4.79 Å². The Bertz CT molecular complexity index is 207. The van der Waals surface area contributed by atoms with Crippen molar-refractivity contribution in [1.29, 1.82) is 0 Å². The largest absolute Gasteiger partial charge is 0.463 e. The maximum absolute atomic E-state index is 11.1. The number of carbonyl (C=O) groups is 1. The van der Waals surface area contributed by atoms with Gasteiger partial charge in [0.25, 0.3) is 0 Å². The Hall–Kier alpha value is -1.25. The van der Waals surface area contributed by atoms with Crippen molar-refractivity contribution in [3.8, 4) is 0 Å². The van der Waals surface area contributed by atoms with Crippen molar-refractivity contribution in [3.05, 3.63) is 23.9 Å². The summed E-state index contributed by atoms with van der Waals surface area (Å²) in [6.07, 6.45) is 2.17. The van der Waals surface area contributed by atoms with E-state index in [9.17, 15) is 4.79 Å². The summed E-state index contributed by atoms with van der Waals surface area (Å²) in [5, 5.41) is 0. The molecule has 0 aromatic carbocycles. The number of carbonyl (C=O) groups excluding carboxylic acids is 1. The first-order valence-corrected chi connectivity index (χ1v) is 3.86. The third-order valence-corrected chi connectivity index (χ3v) is 1.43. The molecule has 0 aromatic rings. The molecule has 0 saturated carbocycles. The van der Waals surface area contributed by atoms with Gasteiger partial charge in [-0.2, -0.15) is 0 Å². The SMILES string of the molecule is C=CCC(N)=C(C)C(=O)OCC. The lowest BCUT2D eigenvalue weighted by molar-refractivity contribution is -0.138. The van der Waals surface area contributed by atoms with Crippen LogP contribution < -0.4 is 5.73 Å². The number of esters is 1. The fourth-order valence-electron chi connectivity index (χ4n) is 0.679. The topological polar surface area (TPSA) is 52.3 Å². The van der Waals surface area contributed by atoms with Gasteiger partial charge < -0.3 is 10.5 Å². The third-order valence-electron chi connectivity index (χ3n) is 1.43. The molecule has 0 unspecified atom stereocenters. The Morgan fingerprint density at radius 1 is 1.67 bits per heavy atom. The molecule has 0 aliphatic rings. The molecule has 0 aliphatic heterocycles. The highest BCUT2D eigenvalue weighted by Gasteiger charge is 2.07. The highest BCUT2D eigenvalue weighted by atomic mass is 16.5. The number of hydrogen-bond donors (Lipinski definition) is 1. The van der Waals surface area contributed by atoms with Crippen LogP contribution in [0.3, 0.4) is 0 Å². The van der Waals surface area contributed by atoms with Crippen LogP contribution in [0.4, 0.5) is 0 Å². The van der Waals surface area contributed by atoms with Crippen LogP contribution in [0, 0.1) is 0 Å². The zero-order valence-corrected chi connectivity index (χ0v) is 7.59. The van der Waals surface area contributed by atoms with Crippen molar-refractivity contribution in [2.75, 3.05) is 6.61 Å². The van der Waals surface area contributed by atoms with Crippen LogP contribution in [0.5, 0.6) is 0 Å². The fourth-order valence-corrected chi connectivity index (χ4v) is 0.679. The lowest BCUT2D eigenvalue weighted by Crippen LogP contribution is -2.11. The molecule has 0 radical (unpaired) electrons. The highest BCUT2D eigenvalue weighted by Crippen LogP contribution is 2.04. The smallest absolute Gasteiger partial charge is 0.335 e. The zero-order valence-electron chi connectivity index (χ0n) is 7.59. The molecule has 2 N–H and O–H groups in total. The second kappa shape index (κ2) is 5.41. The minimum atomic E-state index is -0.350. The first-order valence-electron chi connectivity index (χ1n) is 3.86. The molecule has 12 heavy (non-hydrogen) atoms. The molecule has 0 atom stereocenters. The first-order chi connectivity index (χ1) is 5.63. The van der Waals surface area contributed by atoms with E-state index in [-0.39, 0.29) is 5.97 Å². The molecular formula is C9H15NO2. The molecule has 68 valence electrons. The van der Waals surface area contributed by atoms with Crippen LogP contribution in [0.25, 0.3) is 0 Å². The van der Waals surface area contributed by atoms with Crippen molar-refractivity contribution < 1.29 is 9.53 Å². The van der Waals surface area contributed by atoms with Gasteiger partial charge in [-0.1, -0.05) is 6.08 Å². The van der Waals surface area contributed by atoms with E-state index in [1.54, 1.807) is 19.9 Å². The lowest BCUT2D eigenvalue weighted by atomic mass is 10.2. The maximum atomic E-state index is 11.1. The summed E-state index contributed by atoms with van der Waals surface area (Å²) in [6.45, 7) is 7.30. The van der Waals surface area contributed by atoms with E-state index in [0.29, 0.717) is 24.3 Å². The van der Waals surface area contributed by atoms with Gasteiger partial charge in [0.15, 0.2) is 0 Å². The monoisotopic (exact) mass is 169 g/mol. The second-order valence-electron chi connectivity index (χ2n) is 2.36. The molecule has 0 heterocycles. The van der Waals surface area contributed by atoms with Crippen LogP contribution in [0.15, 0.2) is 23.9 Å². The zero-order chi connectivity index (χ0) is 9.56. The van der Waals surface area contributed by atoms with Crippen molar-refractivity contribution in [2.45, 2.75) is 20.3 Å². The molecule has 0 aliphatic carbocycles. The van der Waals surface area contributed by atoms with E-state index in [4.69, 9.17) is 10.5 Å². The van der Waals surface area contributed by atoms with Gasteiger partial charge in [0, 0.05) is 12.1 Å². The Labute approximate surface area is 72.9 Å². The number of hydrogen-bond acceptors (Lipinski definition) is 3. The van der Waals surface area contributed by atoms with Crippen LogP contribution in [-0.2, 0) is 9.53 Å². The van der Waals surface area contributed by atoms with Crippen molar-refractivity contribution in [2.24, 2.45) is 5.73 Å². The molecule has 3 heteroatoms. The summed E-state index contributed by atoms with van der Waals surface area (Å²) >= 11 is 0. The standard InChI is InChI=1S/C9H15NO2/c1-4-6-8(10)7(3)9(11)12-5-2/h4H,1,5-6,10H2,2-3H3. The summed E-state index contributed by atoms with van der Waals surface area (Å²) in [5.41, 5.74) is 6.55. The quantitative estimate of drug-likeness (QED) is 0.392.